The van der Waals surface area contributed by atoms with E-state index in [4.69, 9.17) is 4.98 Å². The van der Waals surface area contributed by atoms with Gasteiger partial charge in [-0.15, -0.1) is 12.4 Å². The number of hydrogen-bond acceptors (Lipinski definition) is 4. The van der Waals surface area contributed by atoms with Crippen LogP contribution in [-0.4, -0.2) is 17.0 Å². The summed E-state index contributed by atoms with van der Waals surface area (Å²) >= 11 is 0. The molecule has 1 aromatic heterocycles. The smallest absolute Gasteiger partial charge is 0.229 e. The highest BCUT2D eigenvalue weighted by atomic mass is 35.5. The van der Waals surface area contributed by atoms with E-state index in [1.807, 2.05) is 43.4 Å². The van der Waals surface area contributed by atoms with E-state index in [1.54, 1.807) is 0 Å². The summed E-state index contributed by atoms with van der Waals surface area (Å²) in [6, 6.07) is 20.5. The Bertz CT molecular complexity index is 836. The molecule has 0 saturated carbocycles. The molecule has 2 aromatic carbocycles. The minimum absolute atomic E-state index is 0. The average Bonchev–Trinajstić information content (AvgIpc) is 2.64. The van der Waals surface area contributed by atoms with E-state index in [0.717, 1.165) is 35.7 Å². The molecule has 0 atom stereocenters. The highest BCUT2D eigenvalue weighted by Gasteiger charge is 2.10. The van der Waals surface area contributed by atoms with Gasteiger partial charge in [0.2, 0.25) is 5.95 Å². The molecule has 1 N–H and O–H groups in total. The maximum Gasteiger partial charge on any atom is 0.229 e. The second kappa shape index (κ2) is 9.20. The zero-order chi connectivity index (χ0) is 17.6. The lowest BCUT2D eigenvalue weighted by atomic mass is 10.2. The Balaban J connectivity index is 0.00000243. The van der Waals surface area contributed by atoms with Crippen LogP contribution in [0.4, 0.5) is 23.1 Å². The third-order valence-corrected chi connectivity index (χ3v) is 4.15. The normalized spacial score (nSPS) is 10.1. The molecule has 0 aliphatic carbocycles. The average molecular weight is 369 g/mol. The first kappa shape index (κ1) is 19.7. The van der Waals surface area contributed by atoms with Crippen molar-refractivity contribution in [2.45, 2.75) is 26.7 Å². The maximum absolute atomic E-state index is 4.73. The molecule has 1 heterocycles. The summed E-state index contributed by atoms with van der Waals surface area (Å²) in [6.07, 6.45) is 1.98. The van der Waals surface area contributed by atoms with Crippen LogP contribution in [0.25, 0.3) is 0 Å². The number of benzene rings is 2. The van der Waals surface area contributed by atoms with E-state index in [1.165, 1.54) is 5.56 Å². The summed E-state index contributed by atoms with van der Waals surface area (Å²) in [5.41, 5.74) is 4.35. The number of halogens is 1. The lowest BCUT2D eigenvalue weighted by molar-refractivity contribution is 0.872. The van der Waals surface area contributed by atoms with E-state index < -0.39 is 0 Å². The van der Waals surface area contributed by atoms with Gasteiger partial charge in [0.05, 0.1) is 0 Å². The number of aromatic nitrogens is 2. The molecule has 0 aliphatic heterocycles. The van der Waals surface area contributed by atoms with Gasteiger partial charge in [0.1, 0.15) is 5.82 Å². The Morgan fingerprint density at radius 1 is 0.962 bits per heavy atom. The fourth-order valence-electron chi connectivity index (χ4n) is 2.71. The number of nitrogens with one attached hydrogen (secondary N) is 1. The van der Waals surface area contributed by atoms with Gasteiger partial charge in [0.15, 0.2) is 0 Å². The van der Waals surface area contributed by atoms with Crippen LogP contribution >= 0.6 is 12.4 Å². The van der Waals surface area contributed by atoms with Crippen LogP contribution in [0.3, 0.4) is 0 Å². The first-order chi connectivity index (χ1) is 12.2. The van der Waals surface area contributed by atoms with E-state index >= 15 is 0 Å². The van der Waals surface area contributed by atoms with Gasteiger partial charge in [-0.25, -0.2) is 4.98 Å². The lowest BCUT2D eigenvalue weighted by Gasteiger charge is -2.20. The van der Waals surface area contributed by atoms with Gasteiger partial charge in [-0.05, 0) is 37.1 Å². The molecule has 0 bridgehead atoms. The van der Waals surface area contributed by atoms with Crippen LogP contribution in [0.15, 0.2) is 60.7 Å². The fraction of sp³-hybridized carbons (Fsp3) is 0.238. The van der Waals surface area contributed by atoms with Gasteiger partial charge < -0.3 is 10.2 Å². The zero-order valence-corrected chi connectivity index (χ0v) is 16.3. The van der Waals surface area contributed by atoms with E-state index in [2.05, 4.69) is 53.3 Å². The Labute approximate surface area is 161 Å². The summed E-state index contributed by atoms with van der Waals surface area (Å²) in [4.78, 5) is 11.5. The van der Waals surface area contributed by atoms with Crippen molar-refractivity contribution in [2.24, 2.45) is 0 Å². The highest BCUT2D eigenvalue weighted by molar-refractivity contribution is 5.85. The van der Waals surface area contributed by atoms with E-state index in [-0.39, 0.29) is 12.4 Å². The topological polar surface area (TPSA) is 41.1 Å². The van der Waals surface area contributed by atoms with Gasteiger partial charge >= 0.3 is 0 Å². The van der Waals surface area contributed by atoms with Crippen molar-refractivity contribution in [1.29, 1.82) is 0 Å². The molecule has 0 amide bonds. The molecule has 0 spiro atoms. The molecule has 4 nitrogen and oxygen atoms in total. The second-order valence-electron chi connectivity index (χ2n) is 6.13. The largest absolute Gasteiger partial charge is 0.329 e. The number of para-hydroxylation sites is 2. The molecule has 136 valence electrons. The third kappa shape index (κ3) is 4.73. The van der Waals surface area contributed by atoms with Crippen molar-refractivity contribution < 1.29 is 0 Å². The highest BCUT2D eigenvalue weighted by Crippen LogP contribution is 2.25. The summed E-state index contributed by atoms with van der Waals surface area (Å²) in [7, 11) is 2.03. The van der Waals surface area contributed by atoms with Crippen molar-refractivity contribution >= 4 is 35.5 Å². The Kier molecular flexibility index (Phi) is 6.98. The summed E-state index contributed by atoms with van der Waals surface area (Å²) in [6.45, 7) is 4.24. The minimum Gasteiger partial charge on any atom is -0.329 e. The molecular formula is C21H25ClN4. The molecule has 26 heavy (non-hydrogen) atoms. The van der Waals surface area contributed by atoms with E-state index in [9.17, 15) is 0 Å². The number of aryl methyl sites for hydroxylation is 2. The fourth-order valence-corrected chi connectivity index (χ4v) is 2.71. The van der Waals surface area contributed by atoms with Gasteiger partial charge in [-0.2, -0.15) is 4.98 Å². The van der Waals surface area contributed by atoms with Crippen LogP contribution in [0, 0.1) is 6.92 Å². The van der Waals surface area contributed by atoms with Crippen LogP contribution < -0.4 is 10.2 Å². The SMILES string of the molecule is CCCc1cc(N(C)c2ccccc2)nc(Nc2ccccc2C)n1.Cl. The number of hydrogen-bond donors (Lipinski definition) is 1. The van der Waals surface area contributed by atoms with Crippen LogP contribution in [0.5, 0.6) is 0 Å². The zero-order valence-electron chi connectivity index (χ0n) is 15.4. The van der Waals surface area contributed by atoms with Crippen LogP contribution in [-0.2, 0) is 6.42 Å². The third-order valence-electron chi connectivity index (χ3n) is 4.15. The first-order valence-electron chi connectivity index (χ1n) is 8.66. The molecule has 3 rings (SSSR count). The van der Waals surface area contributed by atoms with Crippen molar-refractivity contribution in [3.05, 3.63) is 71.9 Å². The number of nitrogens with zero attached hydrogens (tertiary/aromatic N) is 3. The van der Waals surface area contributed by atoms with E-state index in [0.29, 0.717) is 5.95 Å². The van der Waals surface area contributed by atoms with Crippen molar-refractivity contribution in [3.8, 4) is 0 Å². The van der Waals surface area contributed by atoms with Gasteiger partial charge in [-0.3, -0.25) is 0 Å². The molecule has 0 aliphatic rings. The molecule has 0 radical (unpaired) electrons. The van der Waals surface area contributed by atoms with Crippen molar-refractivity contribution in [2.75, 3.05) is 17.3 Å². The Hall–Kier alpha value is -2.59. The maximum atomic E-state index is 4.73. The summed E-state index contributed by atoms with van der Waals surface area (Å²) in [5, 5.41) is 3.37. The predicted octanol–water partition coefficient (Wildman–Crippen LogP) is 5.67. The van der Waals surface area contributed by atoms with Crippen LogP contribution in [0.1, 0.15) is 24.6 Å². The first-order valence-corrected chi connectivity index (χ1v) is 8.66. The molecule has 0 fully saturated rings. The predicted molar refractivity (Wildman–Crippen MR) is 112 cm³/mol. The summed E-state index contributed by atoms with van der Waals surface area (Å²) < 4.78 is 0. The standard InChI is InChI=1S/C21H24N4.ClH/c1-4-10-17-15-20(25(3)18-12-6-5-7-13-18)24-21(22-17)23-19-14-9-8-11-16(19)2;/h5-9,11-15H,4,10H2,1-3H3,(H,22,23,24);1H. The van der Waals surface area contributed by atoms with Crippen LogP contribution in [0.2, 0.25) is 0 Å². The minimum atomic E-state index is 0. The number of anilines is 4. The van der Waals surface area contributed by atoms with Gasteiger partial charge in [0, 0.05) is 30.2 Å². The molecular weight excluding hydrogens is 344 g/mol. The monoisotopic (exact) mass is 368 g/mol. The number of rotatable bonds is 6. The molecule has 3 aromatic rings. The van der Waals surface area contributed by atoms with Gasteiger partial charge in [-0.1, -0.05) is 49.7 Å². The van der Waals surface area contributed by atoms with Crippen molar-refractivity contribution in [3.63, 3.8) is 0 Å². The van der Waals surface area contributed by atoms with Crippen molar-refractivity contribution in [1.82, 2.24) is 9.97 Å². The summed E-state index contributed by atoms with van der Waals surface area (Å²) in [5.74, 6) is 1.53. The second-order valence-corrected chi connectivity index (χ2v) is 6.13. The Morgan fingerprint density at radius 3 is 2.35 bits per heavy atom. The molecule has 5 heteroatoms. The molecule has 0 saturated heterocycles. The molecule has 0 unspecified atom stereocenters. The van der Waals surface area contributed by atoms with Gasteiger partial charge in [0.25, 0.3) is 0 Å². The Morgan fingerprint density at radius 2 is 1.65 bits per heavy atom. The quantitative estimate of drug-likeness (QED) is 0.608. The lowest BCUT2D eigenvalue weighted by Crippen LogP contribution is -2.13.